The summed E-state index contributed by atoms with van der Waals surface area (Å²) in [7, 11) is 0. The van der Waals surface area contributed by atoms with Crippen LogP contribution in [0.4, 0.5) is 32.0 Å². The number of nitrogens with two attached hydrogens (primary N) is 1. The van der Waals surface area contributed by atoms with Gasteiger partial charge in [-0.1, -0.05) is 27.7 Å². The molecular weight excluding hydrogens is 324 g/mol. The Kier molecular flexibility index (Phi) is 5.02. The molecule has 0 saturated carbocycles. The number of rotatable bonds is 3. The zero-order valence-corrected chi connectivity index (χ0v) is 13.1. The summed E-state index contributed by atoms with van der Waals surface area (Å²) >= 11 is 0. The van der Waals surface area contributed by atoms with Gasteiger partial charge in [0, 0.05) is 11.3 Å². The summed E-state index contributed by atoms with van der Waals surface area (Å²) in [6.45, 7) is 5.76. The summed E-state index contributed by atoms with van der Waals surface area (Å²) < 4.78 is 79.6. The molecule has 1 rings (SSSR count). The van der Waals surface area contributed by atoms with Gasteiger partial charge in [-0.15, -0.1) is 0 Å². The molecule has 0 radical (unpaired) electrons. The first-order chi connectivity index (χ1) is 10.1. The van der Waals surface area contributed by atoms with Crippen molar-refractivity contribution in [2.45, 2.75) is 57.5 Å². The molecule has 0 spiro atoms. The molecule has 1 aromatic rings. The van der Waals surface area contributed by atoms with Crippen LogP contribution < -0.4 is 5.73 Å². The largest absolute Gasteiger partial charge is 0.430 e. The van der Waals surface area contributed by atoms with Gasteiger partial charge in [0.2, 0.25) is 0 Å². The van der Waals surface area contributed by atoms with Gasteiger partial charge in [0.05, 0.1) is 0 Å². The van der Waals surface area contributed by atoms with Crippen molar-refractivity contribution in [2.24, 2.45) is 0 Å². The van der Waals surface area contributed by atoms with Crippen molar-refractivity contribution in [1.29, 1.82) is 0 Å². The van der Waals surface area contributed by atoms with Crippen molar-refractivity contribution in [1.82, 2.24) is 0 Å². The summed E-state index contributed by atoms with van der Waals surface area (Å²) in [4.78, 5) is 0. The Labute approximate surface area is 130 Å². The molecule has 0 fully saturated rings. The van der Waals surface area contributed by atoms with Crippen molar-refractivity contribution < 1.29 is 31.4 Å². The van der Waals surface area contributed by atoms with Gasteiger partial charge in [-0.3, -0.25) is 0 Å². The fourth-order valence-electron chi connectivity index (χ4n) is 2.48. The average Bonchev–Trinajstić information content (AvgIpc) is 2.33. The first-order valence-corrected chi connectivity index (χ1v) is 6.94. The highest BCUT2D eigenvalue weighted by Gasteiger charge is 2.72. The summed E-state index contributed by atoms with van der Waals surface area (Å²) in [6, 6.07) is 2.10. The topological polar surface area (TPSA) is 46.2 Å². The number of halogens is 6. The molecule has 0 aromatic heterocycles. The van der Waals surface area contributed by atoms with Crippen LogP contribution in [0.3, 0.4) is 0 Å². The normalized spacial score (nSPS) is 14.0. The van der Waals surface area contributed by atoms with E-state index in [0.717, 1.165) is 12.1 Å². The number of benzene rings is 1. The predicted octanol–water partition coefficient (Wildman–Crippen LogP) is 4.83. The van der Waals surface area contributed by atoms with Gasteiger partial charge in [0.1, 0.15) is 0 Å². The highest BCUT2D eigenvalue weighted by atomic mass is 19.4. The minimum absolute atomic E-state index is 0.0489. The van der Waals surface area contributed by atoms with Crippen molar-refractivity contribution in [3.8, 4) is 0 Å². The zero-order valence-electron chi connectivity index (χ0n) is 13.1. The second-order valence-corrected chi connectivity index (χ2v) is 6.09. The lowest BCUT2D eigenvalue weighted by Gasteiger charge is -2.37. The van der Waals surface area contributed by atoms with E-state index < -0.39 is 35.4 Å². The van der Waals surface area contributed by atoms with Crippen molar-refractivity contribution in [2.75, 3.05) is 5.73 Å². The van der Waals surface area contributed by atoms with Crippen LogP contribution in [0, 0.1) is 0 Å². The fourth-order valence-corrected chi connectivity index (χ4v) is 2.48. The third kappa shape index (κ3) is 3.27. The number of hydrogen-bond acceptors (Lipinski definition) is 2. The zero-order chi connectivity index (χ0) is 18.4. The molecule has 132 valence electrons. The molecule has 3 N–H and O–H groups in total. The summed E-state index contributed by atoms with van der Waals surface area (Å²) in [6.07, 6.45) is -11.8. The van der Waals surface area contributed by atoms with Crippen LogP contribution in [0.1, 0.15) is 56.2 Å². The lowest BCUT2D eigenvalue weighted by Crippen LogP contribution is -2.55. The van der Waals surface area contributed by atoms with Crippen LogP contribution >= 0.6 is 0 Å². The number of hydrogen-bond donors (Lipinski definition) is 2. The van der Waals surface area contributed by atoms with E-state index in [2.05, 4.69) is 0 Å². The van der Waals surface area contributed by atoms with E-state index in [4.69, 9.17) is 5.73 Å². The molecule has 0 aliphatic carbocycles. The molecule has 0 aliphatic heterocycles. The summed E-state index contributed by atoms with van der Waals surface area (Å²) in [5.74, 6) is -1.38. The summed E-state index contributed by atoms with van der Waals surface area (Å²) in [5, 5.41) is 9.82. The van der Waals surface area contributed by atoms with E-state index in [1.807, 2.05) is 0 Å². The predicted molar refractivity (Wildman–Crippen MR) is 75.0 cm³/mol. The lowest BCUT2D eigenvalue weighted by molar-refractivity contribution is -0.376. The second-order valence-electron chi connectivity index (χ2n) is 6.09. The van der Waals surface area contributed by atoms with Crippen LogP contribution in [0.2, 0.25) is 0 Å². The third-order valence-corrected chi connectivity index (χ3v) is 3.65. The van der Waals surface area contributed by atoms with Crippen LogP contribution in [-0.4, -0.2) is 17.5 Å². The van der Waals surface area contributed by atoms with Gasteiger partial charge in [0.25, 0.3) is 5.60 Å². The first-order valence-electron chi connectivity index (χ1n) is 6.94. The van der Waals surface area contributed by atoms with Gasteiger partial charge >= 0.3 is 12.4 Å². The quantitative estimate of drug-likeness (QED) is 0.610. The third-order valence-electron chi connectivity index (χ3n) is 3.65. The molecule has 23 heavy (non-hydrogen) atoms. The van der Waals surface area contributed by atoms with Crippen LogP contribution in [0.5, 0.6) is 0 Å². The molecule has 0 atom stereocenters. The van der Waals surface area contributed by atoms with Gasteiger partial charge in [-0.2, -0.15) is 26.3 Å². The molecule has 0 heterocycles. The molecule has 0 saturated heterocycles. The molecule has 1 aromatic carbocycles. The SMILES string of the molecule is CC(C)c1cc(N)cc(C(C)C)c1C(O)(C(F)(F)F)C(F)(F)F. The molecule has 0 bridgehead atoms. The van der Waals surface area contributed by atoms with Crippen molar-refractivity contribution in [3.63, 3.8) is 0 Å². The van der Waals surface area contributed by atoms with E-state index >= 15 is 0 Å². The van der Waals surface area contributed by atoms with E-state index in [1.165, 1.54) is 27.7 Å². The number of anilines is 1. The minimum atomic E-state index is -5.92. The lowest BCUT2D eigenvalue weighted by atomic mass is 9.78. The molecule has 0 aliphatic rings. The number of nitrogen functional groups attached to an aromatic ring is 1. The molecule has 0 unspecified atom stereocenters. The van der Waals surface area contributed by atoms with Gasteiger partial charge < -0.3 is 10.8 Å². The van der Waals surface area contributed by atoms with E-state index in [-0.39, 0.29) is 16.8 Å². The van der Waals surface area contributed by atoms with E-state index in [9.17, 15) is 31.4 Å². The van der Waals surface area contributed by atoms with E-state index in [1.54, 1.807) is 0 Å². The average molecular weight is 343 g/mol. The molecule has 2 nitrogen and oxygen atoms in total. The maximum Gasteiger partial charge on any atom is 0.430 e. The fraction of sp³-hybridized carbons (Fsp3) is 0.600. The minimum Gasteiger partial charge on any atom is -0.399 e. The Morgan fingerprint density at radius 2 is 1.13 bits per heavy atom. The Balaban J connectivity index is 4.00. The molecule has 0 amide bonds. The van der Waals surface area contributed by atoms with E-state index in [0.29, 0.717) is 0 Å². The highest BCUT2D eigenvalue weighted by Crippen LogP contribution is 2.53. The summed E-state index contributed by atoms with van der Waals surface area (Å²) in [5.41, 5.74) is -0.996. The van der Waals surface area contributed by atoms with Crippen molar-refractivity contribution >= 4 is 5.69 Å². The Hall–Kier alpha value is -1.44. The Bertz CT molecular complexity index is 531. The monoisotopic (exact) mass is 343 g/mol. The molecule has 8 heteroatoms. The van der Waals surface area contributed by atoms with Crippen LogP contribution in [0.25, 0.3) is 0 Å². The van der Waals surface area contributed by atoms with Gasteiger partial charge in [-0.05, 0) is 35.1 Å². The Morgan fingerprint density at radius 1 is 0.826 bits per heavy atom. The Morgan fingerprint density at radius 3 is 1.35 bits per heavy atom. The molecular formula is C15H19F6NO. The van der Waals surface area contributed by atoms with Gasteiger partial charge in [-0.25, -0.2) is 0 Å². The highest BCUT2D eigenvalue weighted by molar-refractivity contribution is 5.54. The van der Waals surface area contributed by atoms with Crippen LogP contribution in [-0.2, 0) is 5.60 Å². The second kappa shape index (κ2) is 5.89. The number of alkyl halides is 6. The van der Waals surface area contributed by atoms with Crippen molar-refractivity contribution in [3.05, 3.63) is 28.8 Å². The van der Waals surface area contributed by atoms with Crippen LogP contribution in [0.15, 0.2) is 12.1 Å². The standard InChI is InChI=1S/C15H19F6NO/c1-7(2)10-5-9(22)6-11(8(3)4)12(10)13(23,14(16,17)18)15(19,20)21/h5-8,23H,22H2,1-4H3. The first kappa shape index (κ1) is 19.6. The number of aliphatic hydroxyl groups is 1. The maximum atomic E-state index is 13.3. The smallest absolute Gasteiger partial charge is 0.399 e. The van der Waals surface area contributed by atoms with Gasteiger partial charge in [0.15, 0.2) is 0 Å². The maximum absolute atomic E-state index is 13.3.